The number of hydrogen-bond donors (Lipinski definition) is 6. The van der Waals surface area contributed by atoms with Gasteiger partial charge < -0.3 is 31.9 Å². The molecule has 0 aromatic heterocycles. The number of fused-ring (bicyclic) bond motifs is 24. The summed E-state index contributed by atoms with van der Waals surface area (Å²) in [5.41, 5.74) is 0. The van der Waals surface area contributed by atoms with Crippen molar-refractivity contribution in [1.82, 2.24) is 31.9 Å². The summed E-state index contributed by atoms with van der Waals surface area (Å²) in [4.78, 5) is 0. The second kappa shape index (κ2) is 16.6. The van der Waals surface area contributed by atoms with Crippen molar-refractivity contribution >= 4 is 0 Å². The summed E-state index contributed by atoms with van der Waals surface area (Å²) in [5, 5.41) is 38.6. The fourth-order valence-electron chi connectivity index (χ4n) is 18.6. The van der Waals surface area contributed by atoms with Crippen molar-refractivity contribution in [1.29, 1.82) is 0 Å². The Kier molecular flexibility index (Phi) is 11.3. The molecule has 5 saturated heterocycles. The SMILES string of the molecule is C1CCC2CC3C4[N-]C(NC5NC(NC6[N-]C(NC7NC(N4)C4CC8CCCCC8CC74)C4CC7CCCCC7CC64)C4CC6CCCCC6CC54)C3CC2C1.[O]=[V+2]. The molecule has 24 atom stereocenters. The molecule has 9 nitrogen and oxygen atoms in total. The van der Waals surface area contributed by atoms with Gasteiger partial charge in [0.05, 0.1) is 24.7 Å². The molecule has 13 aliphatic rings. The summed E-state index contributed by atoms with van der Waals surface area (Å²) >= 11 is 1.06. The van der Waals surface area contributed by atoms with Crippen LogP contribution in [0.5, 0.6) is 0 Å². The fourth-order valence-corrected chi connectivity index (χ4v) is 18.6. The van der Waals surface area contributed by atoms with Crippen LogP contribution in [-0.2, 0) is 21.0 Å². The van der Waals surface area contributed by atoms with Gasteiger partial charge in [-0.2, -0.15) is 0 Å². The zero-order valence-corrected chi connectivity index (χ0v) is 37.0. The first-order valence-electron chi connectivity index (χ1n) is 25.8. The Morgan fingerprint density at radius 3 is 0.672 bits per heavy atom. The van der Waals surface area contributed by atoms with E-state index in [0.717, 1.165) is 64.7 Å². The predicted molar refractivity (Wildman–Crippen MR) is 223 cm³/mol. The maximum absolute atomic E-state index is 8.19. The average Bonchev–Trinajstić information content (AvgIpc) is 3.98. The topological polar surface area (TPSA) is 117 Å². The molecule has 321 valence electrons. The Morgan fingerprint density at radius 1 is 0.276 bits per heavy atom. The Balaban J connectivity index is 0.00000181. The van der Waals surface area contributed by atoms with Gasteiger partial charge in [0.15, 0.2) is 0 Å². The van der Waals surface area contributed by atoms with Gasteiger partial charge in [-0.1, -0.05) is 127 Å². The molecular weight excluding hydrogens is 756 g/mol. The van der Waals surface area contributed by atoms with Crippen LogP contribution in [-0.4, -0.2) is 49.3 Å². The normalized spacial score (nSPS) is 58.0. The third-order valence-electron chi connectivity index (χ3n) is 21.2. The van der Waals surface area contributed by atoms with Gasteiger partial charge >= 0.3 is 21.0 Å². The van der Waals surface area contributed by atoms with Crippen LogP contribution in [0.1, 0.15) is 154 Å². The van der Waals surface area contributed by atoms with Gasteiger partial charge in [0.1, 0.15) is 0 Å². The van der Waals surface area contributed by atoms with Crippen LogP contribution < -0.4 is 31.9 Å². The van der Waals surface area contributed by atoms with Gasteiger partial charge in [0.25, 0.3) is 0 Å². The Hall–Kier alpha value is 0.0644. The average molecular weight is 834 g/mol. The summed E-state index contributed by atoms with van der Waals surface area (Å²) in [6.45, 7) is 0. The third-order valence-corrected chi connectivity index (χ3v) is 21.2. The zero-order chi connectivity index (χ0) is 38.5. The first-order valence-corrected chi connectivity index (χ1v) is 26.4. The summed E-state index contributed by atoms with van der Waals surface area (Å²) in [5.74, 6) is 13.0. The van der Waals surface area contributed by atoms with Crippen LogP contribution in [0.4, 0.5) is 0 Å². The number of nitrogens with zero attached hydrogens (tertiary/aromatic N) is 2. The Morgan fingerprint density at radius 2 is 0.466 bits per heavy atom. The van der Waals surface area contributed by atoms with E-state index in [4.69, 9.17) is 14.3 Å². The van der Waals surface area contributed by atoms with Crippen LogP contribution in [0, 0.1) is 94.7 Å². The monoisotopic (exact) mass is 834 g/mol. The van der Waals surface area contributed by atoms with Gasteiger partial charge in [0.2, 0.25) is 0 Å². The van der Waals surface area contributed by atoms with Crippen LogP contribution >= 0.6 is 0 Å². The molecule has 0 radical (unpaired) electrons. The van der Waals surface area contributed by atoms with Crippen molar-refractivity contribution in [2.45, 2.75) is 203 Å². The number of hydrogen-bond acceptors (Lipinski definition) is 7. The fraction of sp³-hybridized carbons (Fsp3) is 1.00. The van der Waals surface area contributed by atoms with E-state index in [1.807, 2.05) is 0 Å². The maximum atomic E-state index is 8.19. The standard InChI is InChI=1S/C48H78N8.O.V/c1-2-10-26-18-34-33(17-25(26)9-1)41-49-42(34)54-44-37-21-29-13-5-6-14-30(29)22-38(37)46(51-44)56-48-40-24-32-16-8-7-15-31(32)23-39(40)47(52-48)55-45-36-20-28-12-4-3-11-27(28)19-35(36)43(50-45)53-41;;/h25-49,52-56H,1-24H2;;/q-2;;+2. The van der Waals surface area contributed by atoms with Gasteiger partial charge in [-0.3, -0.25) is 10.6 Å². The third kappa shape index (κ3) is 6.98. The van der Waals surface area contributed by atoms with E-state index in [1.54, 1.807) is 0 Å². The van der Waals surface area contributed by atoms with Gasteiger partial charge in [-0.05, 0) is 146 Å². The van der Waals surface area contributed by atoms with E-state index in [0.29, 0.717) is 72.0 Å². The van der Waals surface area contributed by atoms with Crippen LogP contribution in [0.3, 0.4) is 0 Å². The zero-order valence-electron chi connectivity index (χ0n) is 35.6. The predicted octanol–water partition coefficient (Wildman–Crippen LogP) is 8.16. The minimum absolute atomic E-state index is 0.279. The van der Waals surface area contributed by atoms with Crippen molar-refractivity contribution in [3.63, 3.8) is 0 Å². The van der Waals surface area contributed by atoms with Crippen molar-refractivity contribution in [2.24, 2.45) is 94.7 Å². The first kappa shape index (κ1) is 39.6. The molecule has 6 N–H and O–H groups in total. The molecule has 8 aliphatic carbocycles. The van der Waals surface area contributed by atoms with E-state index in [-0.39, 0.29) is 24.7 Å². The Labute approximate surface area is 360 Å². The molecule has 0 spiro atoms. The van der Waals surface area contributed by atoms with Crippen molar-refractivity contribution in [3.8, 4) is 0 Å². The molecule has 0 aromatic carbocycles. The first-order chi connectivity index (χ1) is 28.7. The molecule has 13 fully saturated rings. The molecule has 13 rings (SSSR count). The van der Waals surface area contributed by atoms with Crippen molar-refractivity contribution in [3.05, 3.63) is 10.6 Å². The number of rotatable bonds is 0. The number of nitrogens with one attached hydrogen (secondary N) is 6. The molecule has 8 bridgehead atoms. The van der Waals surface area contributed by atoms with Gasteiger partial charge in [-0.25, -0.2) is 0 Å². The van der Waals surface area contributed by atoms with Crippen LogP contribution in [0.25, 0.3) is 10.6 Å². The second-order valence-electron chi connectivity index (χ2n) is 23.4. The van der Waals surface area contributed by atoms with Gasteiger partial charge in [0, 0.05) is 0 Å². The van der Waals surface area contributed by atoms with Gasteiger partial charge in [-0.15, -0.1) is 0 Å². The molecule has 0 aromatic rings. The molecular formula is C48H78N8OV. The molecule has 10 heteroatoms. The van der Waals surface area contributed by atoms with Crippen LogP contribution in [0.2, 0.25) is 0 Å². The van der Waals surface area contributed by atoms with Crippen molar-refractivity contribution < 1.29 is 21.0 Å². The van der Waals surface area contributed by atoms with E-state index in [2.05, 4.69) is 31.9 Å². The molecule has 5 heterocycles. The summed E-state index contributed by atoms with van der Waals surface area (Å²) in [6.07, 6.45) is 37.4. The van der Waals surface area contributed by atoms with Crippen molar-refractivity contribution in [2.75, 3.05) is 0 Å². The minimum atomic E-state index is 0.279. The summed E-state index contributed by atoms with van der Waals surface area (Å²) < 4.78 is 8.19. The summed E-state index contributed by atoms with van der Waals surface area (Å²) in [7, 11) is 0. The molecule has 58 heavy (non-hydrogen) atoms. The second-order valence-corrected chi connectivity index (χ2v) is 23.4. The molecule has 0 amide bonds. The molecule has 5 aliphatic heterocycles. The summed E-state index contributed by atoms with van der Waals surface area (Å²) in [6, 6.07) is 0. The van der Waals surface area contributed by atoms with E-state index in [1.165, 1.54) is 154 Å². The Bertz CT molecular complexity index is 1150. The van der Waals surface area contributed by atoms with E-state index in [9.17, 15) is 0 Å². The molecule has 8 saturated carbocycles. The van der Waals surface area contributed by atoms with E-state index >= 15 is 0 Å². The molecule has 24 unspecified atom stereocenters. The van der Waals surface area contributed by atoms with E-state index < -0.39 is 0 Å². The quantitative estimate of drug-likeness (QED) is 0.146. The van der Waals surface area contributed by atoms with Crippen LogP contribution in [0.15, 0.2) is 0 Å².